The molecule has 0 aliphatic carbocycles. The van der Waals surface area contributed by atoms with E-state index in [1.54, 1.807) is 0 Å². The van der Waals surface area contributed by atoms with Crippen LogP contribution in [-0.2, 0) is 17.6 Å². The molecule has 0 spiro atoms. The number of imidazole rings is 1. The maximum Gasteiger partial charge on any atom is 0.106 e. The Morgan fingerprint density at radius 2 is 2.18 bits per heavy atom. The highest BCUT2D eigenvalue weighted by Gasteiger charge is 2.11. The monoisotopic (exact) mass is 240 g/mol. The van der Waals surface area contributed by atoms with Gasteiger partial charge in [-0.15, -0.1) is 0 Å². The maximum absolute atomic E-state index is 9.84. The summed E-state index contributed by atoms with van der Waals surface area (Å²) in [6, 6.07) is 0. The number of aryl methyl sites for hydroxylation is 2. The van der Waals surface area contributed by atoms with Gasteiger partial charge in [0.05, 0.1) is 18.4 Å². The van der Waals surface area contributed by atoms with Crippen molar-refractivity contribution in [3.63, 3.8) is 0 Å². The molecule has 1 heterocycles. The molecule has 0 bridgehead atoms. The fourth-order valence-electron chi connectivity index (χ4n) is 1.69. The number of hydrogen-bond donors (Lipinski definition) is 2. The van der Waals surface area contributed by atoms with E-state index in [-0.39, 0.29) is 0 Å². The second kappa shape index (κ2) is 7.45. The van der Waals surface area contributed by atoms with Gasteiger partial charge in [0, 0.05) is 25.1 Å². The summed E-state index contributed by atoms with van der Waals surface area (Å²) in [6.45, 7) is 7.29. The van der Waals surface area contributed by atoms with Gasteiger partial charge in [0.15, 0.2) is 0 Å². The standard InChI is InChI=1S/C13H24N2O2/c1-4-6-7-17-9-11(16)8-12-10(3)14-13(5-2)15-12/h11,16H,4-9H2,1-3H3,(H,14,15). The predicted octanol–water partition coefficient (Wildman–Crippen LogP) is 2.00. The number of nitrogens with zero attached hydrogens (tertiary/aromatic N) is 1. The van der Waals surface area contributed by atoms with Crippen molar-refractivity contribution >= 4 is 0 Å². The first-order valence-corrected chi connectivity index (χ1v) is 6.47. The van der Waals surface area contributed by atoms with Crippen molar-refractivity contribution in [2.24, 2.45) is 0 Å². The Morgan fingerprint density at radius 1 is 1.41 bits per heavy atom. The molecule has 2 N–H and O–H groups in total. The number of nitrogens with one attached hydrogen (secondary N) is 1. The first kappa shape index (κ1) is 14.2. The van der Waals surface area contributed by atoms with E-state index in [9.17, 15) is 5.11 Å². The van der Waals surface area contributed by atoms with Gasteiger partial charge in [-0.05, 0) is 13.3 Å². The number of aliphatic hydroxyl groups is 1. The zero-order valence-corrected chi connectivity index (χ0v) is 11.1. The molecule has 1 unspecified atom stereocenters. The van der Waals surface area contributed by atoms with E-state index in [4.69, 9.17) is 4.74 Å². The van der Waals surface area contributed by atoms with Crippen LogP contribution in [0.2, 0.25) is 0 Å². The molecule has 17 heavy (non-hydrogen) atoms. The van der Waals surface area contributed by atoms with E-state index >= 15 is 0 Å². The smallest absolute Gasteiger partial charge is 0.106 e. The predicted molar refractivity (Wildman–Crippen MR) is 68.1 cm³/mol. The number of aromatic amines is 1. The van der Waals surface area contributed by atoms with E-state index in [1.807, 2.05) is 6.92 Å². The molecule has 0 amide bonds. The lowest BCUT2D eigenvalue weighted by Crippen LogP contribution is -2.19. The van der Waals surface area contributed by atoms with Crippen molar-refractivity contribution in [3.05, 3.63) is 17.2 Å². The molecule has 0 aliphatic rings. The fraction of sp³-hybridized carbons (Fsp3) is 0.769. The summed E-state index contributed by atoms with van der Waals surface area (Å²) >= 11 is 0. The molecule has 4 nitrogen and oxygen atoms in total. The number of aromatic nitrogens is 2. The van der Waals surface area contributed by atoms with Crippen molar-refractivity contribution in [1.82, 2.24) is 9.97 Å². The average Bonchev–Trinajstić information content (AvgIpc) is 2.66. The summed E-state index contributed by atoms with van der Waals surface area (Å²) in [5.74, 6) is 0.983. The van der Waals surface area contributed by atoms with Gasteiger partial charge in [0.2, 0.25) is 0 Å². The van der Waals surface area contributed by atoms with Crippen molar-refractivity contribution < 1.29 is 9.84 Å². The second-order valence-electron chi connectivity index (χ2n) is 4.39. The Kier molecular flexibility index (Phi) is 6.22. The summed E-state index contributed by atoms with van der Waals surface area (Å²) in [6.07, 6.45) is 3.20. The zero-order valence-electron chi connectivity index (χ0n) is 11.1. The maximum atomic E-state index is 9.84. The van der Waals surface area contributed by atoms with Crippen molar-refractivity contribution in [1.29, 1.82) is 0 Å². The van der Waals surface area contributed by atoms with Crippen molar-refractivity contribution in [2.45, 2.75) is 52.6 Å². The Labute approximate surface area is 103 Å². The number of H-pyrrole nitrogens is 1. The number of ether oxygens (including phenoxy) is 1. The molecule has 0 fully saturated rings. The number of hydrogen-bond acceptors (Lipinski definition) is 3. The Hall–Kier alpha value is -0.870. The first-order valence-electron chi connectivity index (χ1n) is 6.47. The van der Waals surface area contributed by atoms with Crippen LogP contribution in [0.4, 0.5) is 0 Å². The molecule has 98 valence electrons. The number of aliphatic hydroxyl groups excluding tert-OH is 1. The van der Waals surface area contributed by atoms with Gasteiger partial charge in [-0.25, -0.2) is 4.98 Å². The van der Waals surface area contributed by atoms with Crippen LogP contribution in [0.3, 0.4) is 0 Å². The summed E-state index contributed by atoms with van der Waals surface area (Å²) in [7, 11) is 0. The Balaban J connectivity index is 2.34. The quantitative estimate of drug-likeness (QED) is 0.683. The minimum Gasteiger partial charge on any atom is -0.390 e. The number of unbranched alkanes of at least 4 members (excludes halogenated alkanes) is 1. The van der Waals surface area contributed by atoms with Crippen LogP contribution in [0, 0.1) is 6.92 Å². The third kappa shape index (κ3) is 4.88. The fourth-order valence-corrected chi connectivity index (χ4v) is 1.69. The Bertz CT molecular complexity index is 323. The third-order valence-corrected chi connectivity index (χ3v) is 2.76. The van der Waals surface area contributed by atoms with Gasteiger partial charge in [0.1, 0.15) is 5.82 Å². The first-order chi connectivity index (χ1) is 8.17. The summed E-state index contributed by atoms with van der Waals surface area (Å²) in [5.41, 5.74) is 2.00. The molecule has 1 rings (SSSR count). The van der Waals surface area contributed by atoms with Crippen LogP contribution in [0.25, 0.3) is 0 Å². The lowest BCUT2D eigenvalue weighted by molar-refractivity contribution is 0.0355. The van der Waals surface area contributed by atoms with Crippen LogP contribution in [0.5, 0.6) is 0 Å². The molecular formula is C13H24N2O2. The van der Waals surface area contributed by atoms with Crippen LogP contribution in [0.1, 0.15) is 43.9 Å². The third-order valence-electron chi connectivity index (χ3n) is 2.76. The molecule has 1 aromatic rings. The van der Waals surface area contributed by atoms with E-state index in [2.05, 4.69) is 23.8 Å². The van der Waals surface area contributed by atoms with Crippen LogP contribution >= 0.6 is 0 Å². The van der Waals surface area contributed by atoms with Crippen LogP contribution in [0.15, 0.2) is 0 Å². The van der Waals surface area contributed by atoms with Crippen molar-refractivity contribution in [2.75, 3.05) is 13.2 Å². The average molecular weight is 240 g/mol. The molecule has 1 atom stereocenters. The van der Waals surface area contributed by atoms with Gasteiger partial charge in [-0.3, -0.25) is 0 Å². The van der Waals surface area contributed by atoms with Gasteiger partial charge in [-0.2, -0.15) is 0 Å². The van der Waals surface area contributed by atoms with Gasteiger partial charge in [-0.1, -0.05) is 20.3 Å². The largest absolute Gasteiger partial charge is 0.390 e. The van der Waals surface area contributed by atoms with E-state index in [0.717, 1.165) is 43.1 Å². The highest BCUT2D eigenvalue weighted by molar-refractivity contribution is 5.14. The van der Waals surface area contributed by atoms with Crippen LogP contribution in [-0.4, -0.2) is 34.4 Å². The molecular weight excluding hydrogens is 216 g/mol. The van der Waals surface area contributed by atoms with Crippen LogP contribution < -0.4 is 0 Å². The highest BCUT2D eigenvalue weighted by Crippen LogP contribution is 2.08. The van der Waals surface area contributed by atoms with Crippen molar-refractivity contribution in [3.8, 4) is 0 Å². The summed E-state index contributed by atoms with van der Waals surface area (Å²) in [5, 5.41) is 9.84. The summed E-state index contributed by atoms with van der Waals surface area (Å²) < 4.78 is 5.40. The summed E-state index contributed by atoms with van der Waals surface area (Å²) in [4.78, 5) is 7.62. The molecule has 0 saturated heterocycles. The lowest BCUT2D eigenvalue weighted by Gasteiger charge is -2.10. The number of rotatable bonds is 8. The molecule has 0 aliphatic heterocycles. The molecule has 1 aromatic heterocycles. The Morgan fingerprint density at radius 3 is 2.76 bits per heavy atom. The zero-order chi connectivity index (χ0) is 12.7. The molecule has 0 aromatic carbocycles. The normalized spacial score (nSPS) is 12.9. The highest BCUT2D eigenvalue weighted by atomic mass is 16.5. The van der Waals surface area contributed by atoms with E-state index in [1.165, 1.54) is 0 Å². The molecule has 0 radical (unpaired) electrons. The lowest BCUT2D eigenvalue weighted by atomic mass is 10.2. The van der Waals surface area contributed by atoms with Gasteiger partial charge >= 0.3 is 0 Å². The van der Waals surface area contributed by atoms with E-state index < -0.39 is 6.10 Å². The van der Waals surface area contributed by atoms with Gasteiger partial charge in [0.25, 0.3) is 0 Å². The second-order valence-corrected chi connectivity index (χ2v) is 4.39. The molecule has 0 saturated carbocycles. The topological polar surface area (TPSA) is 58.1 Å². The minimum atomic E-state index is -0.448. The van der Waals surface area contributed by atoms with Gasteiger partial charge < -0.3 is 14.8 Å². The molecule has 4 heteroatoms. The minimum absolute atomic E-state index is 0.403. The van der Waals surface area contributed by atoms with E-state index in [0.29, 0.717) is 13.0 Å². The SMILES string of the molecule is CCCCOCC(O)Cc1[nH]c(CC)nc1C.